The maximum atomic E-state index is 12.4. The van der Waals surface area contributed by atoms with Gasteiger partial charge in [-0.1, -0.05) is 41.9 Å². The molecule has 41 heavy (non-hydrogen) atoms. The summed E-state index contributed by atoms with van der Waals surface area (Å²) in [6.07, 6.45) is 9.44. The van der Waals surface area contributed by atoms with Gasteiger partial charge in [0.15, 0.2) is 0 Å². The number of carbonyl (C=O) groups is 1. The molecule has 1 aliphatic carbocycles. The lowest BCUT2D eigenvalue weighted by molar-refractivity contribution is 0.00209. The molecule has 6 nitrogen and oxygen atoms in total. The molecule has 6 rings (SSSR count). The highest BCUT2D eigenvalue weighted by atomic mass is 35.5. The lowest BCUT2D eigenvalue weighted by Crippen LogP contribution is -2.55. The van der Waals surface area contributed by atoms with E-state index >= 15 is 0 Å². The van der Waals surface area contributed by atoms with Crippen LogP contribution in [0.15, 0.2) is 79.1 Å². The lowest BCUT2D eigenvalue weighted by atomic mass is 9.58. The highest BCUT2D eigenvalue weighted by molar-refractivity contribution is 6.30. The molecule has 1 aromatic heterocycles. The first-order valence-electron chi connectivity index (χ1n) is 15.3. The first-order chi connectivity index (χ1) is 20.0. The Kier molecular flexibility index (Phi) is 8.59. The van der Waals surface area contributed by atoms with Crippen LogP contribution in [0.5, 0.6) is 0 Å². The maximum absolute atomic E-state index is 12.4. The number of likely N-dealkylation sites (tertiary alicyclic amines) is 1. The topological polar surface area (TPSA) is 49.7 Å². The number of hydrogen-bond donors (Lipinski definition) is 1. The Bertz CT molecular complexity index is 1250. The Morgan fingerprint density at radius 1 is 0.951 bits per heavy atom. The molecule has 3 aliphatic rings. The predicted octanol–water partition coefficient (Wildman–Crippen LogP) is 6.45. The molecule has 3 fully saturated rings. The standard InChI is InChI=1S/C34H43ClN4O2/c1-36-33(40)41-32-11-7-10-31(32)34(25-38-18-5-6-19-38,27-8-3-2-4-9-27)28-16-20-37(21-17-28)22-26-23-39(24-26)30-14-12-29(35)13-15-30/h2-6,8-9,12-15,18-19,26,28,31-32H,7,10-11,16-17,20-25H2,1H3,(H,36,40)/t31-,32-,34?/m0/s1. The van der Waals surface area contributed by atoms with E-state index in [2.05, 4.69) is 86.7 Å². The van der Waals surface area contributed by atoms with E-state index in [4.69, 9.17) is 16.3 Å². The Balaban J connectivity index is 1.20. The molecule has 2 aliphatic heterocycles. The van der Waals surface area contributed by atoms with Crippen LogP contribution in [0.2, 0.25) is 5.02 Å². The number of rotatable bonds is 9. The van der Waals surface area contributed by atoms with Gasteiger partial charge in [0, 0.05) is 73.6 Å². The van der Waals surface area contributed by atoms with Crippen LogP contribution in [0.4, 0.5) is 10.5 Å². The molecule has 7 heteroatoms. The minimum absolute atomic E-state index is 0.0717. The van der Waals surface area contributed by atoms with Crippen LogP contribution >= 0.6 is 11.6 Å². The fourth-order valence-corrected chi connectivity index (χ4v) is 8.14. The van der Waals surface area contributed by atoms with Gasteiger partial charge in [0.05, 0.1) is 0 Å². The Morgan fingerprint density at radius 2 is 1.66 bits per heavy atom. The van der Waals surface area contributed by atoms with E-state index in [1.165, 1.54) is 17.8 Å². The smallest absolute Gasteiger partial charge is 0.407 e. The van der Waals surface area contributed by atoms with Gasteiger partial charge in [-0.05, 0) is 93.1 Å². The van der Waals surface area contributed by atoms with Crippen LogP contribution in [0.25, 0.3) is 0 Å². The summed E-state index contributed by atoms with van der Waals surface area (Å²) in [6, 6.07) is 23.6. The van der Waals surface area contributed by atoms with Crippen LogP contribution < -0.4 is 10.2 Å². The summed E-state index contributed by atoms with van der Waals surface area (Å²) in [7, 11) is 1.66. The van der Waals surface area contributed by atoms with Crippen LogP contribution in [0, 0.1) is 17.8 Å². The molecule has 2 aromatic carbocycles. The molecule has 2 saturated heterocycles. The molecular weight excluding hydrogens is 532 g/mol. The second-order valence-corrected chi connectivity index (χ2v) is 12.8. The molecule has 1 unspecified atom stereocenters. The lowest BCUT2D eigenvalue weighted by Gasteiger charge is -2.51. The number of ether oxygens (including phenoxy) is 1. The average Bonchev–Trinajstić information content (AvgIpc) is 3.67. The molecule has 1 amide bonds. The number of halogens is 1. The molecule has 0 bridgehead atoms. The van der Waals surface area contributed by atoms with Crippen molar-refractivity contribution in [2.45, 2.75) is 50.2 Å². The number of aromatic nitrogens is 1. The van der Waals surface area contributed by atoms with Crippen molar-refractivity contribution in [3.8, 4) is 0 Å². The zero-order valence-electron chi connectivity index (χ0n) is 24.1. The summed E-state index contributed by atoms with van der Waals surface area (Å²) in [4.78, 5) is 17.6. The molecule has 218 valence electrons. The van der Waals surface area contributed by atoms with E-state index < -0.39 is 0 Å². The highest BCUT2D eigenvalue weighted by Crippen LogP contribution is 2.52. The average molecular weight is 575 g/mol. The van der Waals surface area contributed by atoms with E-state index in [1.54, 1.807) is 7.05 Å². The fraction of sp³-hybridized carbons (Fsp3) is 0.500. The van der Waals surface area contributed by atoms with Crippen LogP contribution in [0.1, 0.15) is 37.7 Å². The Morgan fingerprint density at radius 3 is 2.34 bits per heavy atom. The van der Waals surface area contributed by atoms with Gasteiger partial charge in [-0.2, -0.15) is 0 Å². The van der Waals surface area contributed by atoms with Gasteiger partial charge in [0.25, 0.3) is 0 Å². The van der Waals surface area contributed by atoms with Gasteiger partial charge in [-0.3, -0.25) is 0 Å². The number of benzene rings is 2. The fourth-order valence-electron chi connectivity index (χ4n) is 8.01. The molecular formula is C34H43ClN4O2. The minimum Gasteiger partial charge on any atom is -0.446 e. The molecule has 0 radical (unpaired) electrons. The quantitative estimate of drug-likeness (QED) is 0.319. The first kappa shape index (κ1) is 28.2. The summed E-state index contributed by atoms with van der Waals surface area (Å²) in [6.45, 7) is 6.55. The number of anilines is 1. The van der Waals surface area contributed by atoms with Crippen LogP contribution in [0.3, 0.4) is 0 Å². The number of nitrogens with one attached hydrogen (secondary N) is 1. The van der Waals surface area contributed by atoms with Crippen molar-refractivity contribution in [2.75, 3.05) is 44.7 Å². The Hall–Kier alpha value is -2.96. The molecule has 3 heterocycles. The predicted molar refractivity (Wildman–Crippen MR) is 166 cm³/mol. The van der Waals surface area contributed by atoms with E-state index in [-0.39, 0.29) is 23.5 Å². The van der Waals surface area contributed by atoms with Crippen molar-refractivity contribution in [3.63, 3.8) is 0 Å². The van der Waals surface area contributed by atoms with Gasteiger partial charge in [0.2, 0.25) is 0 Å². The third-order valence-electron chi connectivity index (χ3n) is 9.98. The zero-order chi connectivity index (χ0) is 28.2. The number of nitrogens with zero attached hydrogens (tertiary/aromatic N) is 3. The summed E-state index contributed by atoms with van der Waals surface area (Å²) in [5.74, 6) is 1.50. The monoisotopic (exact) mass is 574 g/mol. The third-order valence-corrected chi connectivity index (χ3v) is 10.2. The second kappa shape index (κ2) is 12.5. The van der Waals surface area contributed by atoms with E-state index in [9.17, 15) is 4.79 Å². The van der Waals surface area contributed by atoms with Gasteiger partial charge >= 0.3 is 6.09 Å². The number of piperidine rings is 1. The van der Waals surface area contributed by atoms with Crippen molar-refractivity contribution >= 4 is 23.4 Å². The molecule has 3 atom stereocenters. The van der Waals surface area contributed by atoms with Crippen molar-refractivity contribution < 1.29 is 9.53 Å². The summed E-state index contributed by atoms with van der Waals surface area (Å²) >= 11 is 6.08. The molecule has 1 N–H and O–H groups in total. The van der Waals surface area contributed by atoms with E-state index in [0.29, 0.717) is 11.8 Å². The number of amides is 1. The minimum atomic E-state index is -0.312. The van der Waals surface area contributed by atoms with Crippen LogP contribution in [-0.2, 0) is 16.7 Å². The first-order valence-corrected chi connectivity index (χ1v) is 15.7. The number of hydrogen-bond acceptors (Lipinski definition) is 4. The molecule has 0 spiro atoms. The zero-order valence-corrected chi connectivity index (χ0v) is 24.9. The van der Waals surface area contributed by atoms with E-state index in [1.807, 2.05) is 12.1 Å². The number of alkyl carbamates (subject to hydrolysis) is 1. The summed E-state index contributed by atoms with van der Waals surface area (Å²) in [5, 5.41) is 3.49. The van der Waals surface area contributed by atoms with E-state index in [0.717, 1.165) is 69.9 Å². The van der Waals surface area contributed by atoms with Crippen molar-refractivity contribution in [1.82, 2.24) is 14.8 Å². The van der Waals surface area contributed by atoms with Gasteiger partial charge in [0.1, 0.15) is 6.10 Å². The van der Waals surface area contributed by atoms with Crippen molar-refractivity contribution in [1.29, 1.82) is 0 Å². The van der Waals surface area contributed by atoms with Crippen molar-refractivity contribution in [2.24, 2.45) is 17.8 Å². The third kappa shape index (κ3) is 6.00. The van der Waals surface area contributed by atoms with Crippen molar-refractivity contribution in [3.05, 3.63) is 89.7 Å². The maximum Gasteiger partial charge on any atom is 0.407 e. The van der Waals surface area contributed by atoms with Gasteiger partial charge < -0.3 is 24.4 Å². The second-order valence-electron chi connectivity index (χ2n) is 12.3. The molecule has 1 saturated carbocycles. The Labute approximate surface area is 249 Å². The number of carbonyl (C=O) groups excluding carboxylic acids is 1. The highest BCUT2D eigenvalue weighted by Gasteiger charge is 2.52. The summed E-state index contributed by atoms with van der Waals surface area (Å²) in [5.41, 5.74) is 2.55. The normalized spacial score (nSPS) is 23.6. The largest absolute Gasteiger partial charge is 0.446 e. The SMILES string of the molecule is CNC(=O)O[C@H]1CCC[C@@H]1C(Cn1cccc1)(c1ccccc1)C1CCN(CC2CN(c3ccc(Cl)cc3)C2)CC1. The van der Waals surface area contributed by atoms with Crippen LogP contribution in [-0.4, -0.2) is 61.4 Å². The van der Waals surface area contributed by atoms with Gasteiger partial charge in [-0.15, -0.1) is 0 Å². The van der Waals surface area contributed by atoms with Gasteiger partial charge in [-0.25, -0.2) is 4.79 Å². The summed E-state index contributed by atoms with van der Waals surface area (Å²) < 4.78 is 8.43. The molecule has 3 aromatic rings.